The Hall–Kier alpha value is -0.795. The van der Waals surface area contributed by atoms with Crippen molar-refractivity contribution in [2.75, 3.05) is 6.44 Å². The lowest BCUT2D eigenvalue weighted by Gasteiger charge is -2.19. The van der Waals surface area contributed by atoms with Crippen molar-refractivity contribution in [3.05, 3.63) is 0 Å². The zero-order chi connectivity index (χ0) is 9.07. The summed E-state index contributed by atoms with van der Waals surface area (Å²) in [6.45, 7) is 4.52. The molecule has 0 aromatic carbocycles. The van der Waals surface area contributed by atoms with Gasteiger partial charge in [0.05, 0.1) is 7.85 Å². The van der Waals surface area contributed by atoms with Crippen LogP contribution in [0.2, 0.25) is 0 Å². The van der Waals surface area contributed by atoms with E-state index in [1.807, 2.05) is 0 Å². The van der Waals surface area contributed by atoms with Gasteiger partial charge in [0.1, 0.15) is 11.2 Å². The van der Waals surface area contributed by atoms with E-state index in [2.05, 4.69) is 5.32 Å². The Morgan fingerprint density at radius 1 is 1.45 bits per heavy atom. The number of carbonyl (C=O) groups excluding carboxylic acids is 2. The van der Waals surface area contributed by atoms with Crippen LogP contribution >= 0.6 is 0 Å². The molecule has 0 spiro atoms. The molecule has 0 aromatic heterocycles. The van der Waals surface area contributed by atoms with Gasteiger partial charge in [-0.25, -0.2) is 0 Å². The number of hydrogen-bond acceptors (Lipinski definition) is 2. The maximum atomic E-state index is 11.1. The van der Waals surface area contributed by atoms with E-state index in [9.17, 15) is 9.59 Å². The Morgan fingerprint density at radius 3 is 2.18 bits per heavy atom. The van der Waals surface area contributed by atoms with Crippen molar-refractivity contribution in [2.45, 2.75) is 20.8 Å². The lowest BCUT2D eigenvalue weighted by molar-refractivity contribution is -0.138. The summed E-state index contributed by atoms with van der Waals surface area (Å²) >= 11 is 0. The third-order valence-corrected chi connectivity index (χ3v) is 1.71. The number of rotatable bonds is 3. The van der Waals surface area contributed by atoms with Crippen molar-refractivity contribution in [1.29, 1.82) is 0 Å². The molecule has 0 saturated carbocycles. The van der Waals surface area contributed by atoms with Crippen LogP contribution in [-0.2, 0) is 9.59 Å². The first kappa shape index (κ1) is 10.2. The fraction of sp³-hybridized carbons (Fsp3) is 0.714. The molecule has 0 aliphatic rings. The van der Waals surface area contributed by atoms with E-state index in [-0.39, 0.29) is 18.1 Å². The Balaban J connectivity index is 4.30. The first-order valence-corrected chi connectivity index (χ1v) is 3.42. The molecule has 0 aliphatic carbocycles. The Kier molecular flexibility index (Phi) is 3.30. The van der Waals surface area contributed by atoms with Crippen LogP contribution < -0.4 is 5.32 Å². The van der Waals surface area contributed by atoms with Gasteiger partial charge in [0.25, 0.3) is 0 Å². The molecular formula is C7H12BNO2. The van der Waals surface area contributed by atoms with Crippen molar-refractivity contribution in [1.82, 2.24) is 5.32 Å². The highest BCUT2D eigenvalue weighted by atomic mass is 16.2. The number of ketones is 1. The second-order valence-electron chi connectivity index (χ2n) is 2.89. The molecule has 0 bridgehead atoms. The summed E-state index contributed by atoms with van der Waals surface area (Å²) in [6, 6.07) is 0. The highest BCUT2D eigenvalue weighted by Crippen LogP contribution is 2.15. The summed E-state index contributed by atoms with van der Waals surface area (Å²) in [5, 5.41) is 2.39. The standard InChI is InChI=1S/C7H12BNO2/c1-5(10)7(2,3)6(11)9-4-8/h4H2,1-3H3,(H,9,11). The maximum Gasteiger partial charge on any atom is 0.232 e. The van der Waals surface area contributed by atoms with Crippen LogP contribution in [0.15, 0.2) is 0 Å². The molecule has 1 N–H and O–H groups in total. The average Bonchev–Trinajstić information content (AvgIpc) is 1.88. The van der Waals surface area contributed by atoms with Crippen LogP contribution in [0.3, 0.4) is 0 Å². The Bertz CT molecular complexity index is 177. The van der Waals surface area contributed by atoms with Crippen molar-refractivity contribution < 1.29 is 9.59 Å². The van der Waals surface area contributed by atoms with Gasteiger partial charge in [-0.2, -0.15) is 0 Å². The second-order valence-corrected chi connectivity index (χ2v) is 2.89. The van der Waals surface area contributed by atoms with Gasteiger partial charge < -0.3 is 5.32 Å². The molecule has 0 saturated heterocycles. The van der Waals surface area contributed by atoms with E-state index in [0.29, 0.717) is 0 Å². The lowest BCUT2D eigenvalue weighted by atomic mass is 9.87. The van der Waals surface area contributed by atoms with Gasteiger partial charge in [0.2, 0.25) is 5.91 Å². The number of Topliss-reactive ketones (excluding diaryl/α,β-unsaturated/α-hetero) is 1. The summed E-state index contributed by atoms with van der Waals surface area (Å²) in [7, 11) is 5.08. The van der Waals surface area contributed by atoms with E-state index >= 15 is 0 Å². The van der Waals surface area contributed by atoms with Crippen molar-refractivity contribution in [3.8, 4) is 0 Å². The molecule has 1 amide bonds. The molecular weight excluding hydrogens is 141 g/mol. The van der Waals surface area contributed by atoms with Crippen LogP contribution in [0.1, 0.15) is 20.8 Å². The number of carbonyl (C=O) groups is 2. The van der Waals surface area contributed by atoms with Gasteiger partial charge in [-0.05, 0) is 27.2 Å². The average molecular weight is 153 g/mol. The van der Waals surface area contributed by atoms with Gasteiger partial charge in [0, 0.05) is 0 Å². The summed E-state index contributed by atoms with van der Waals surface area (Å²) in [5.41, 5.74) is -0.959. The molecule has 60 valence electrons. The first-order valence-electron chi connectivity index (χ1n) is 3.42. The van der Waals surface area contributed by atoms with Crippen LogP contribution in [-0.4, -0.2) is 26.0 Å². The Morgan fingerprint density at radius 2 is 1.91 bits per heavy atom. The third kappa shape index (κ3) is 2.37. The first-order chi connectivity index (χ1) is 4.92. The fourth-order valence-corrected chi connectivity index (χ4v) is 0.474. The summed E-state index contributed by atoms with van der Waals surface area (Å²) in [5.74, 6) is -0.490. The molecule has 0 atom stereocenters. The third-order valence-electron chi connectivity index (χ3n) is 1.71. The highest BCUT2D eigenvalue weighted by Gasteiger charge is 2.31. The molecule has 0 fully saturated rings. The molecule has 0 rings (SSSR count). The summed E-state index contributed by atoms with van der Waals surface area (Å²) in [6.07, 6.45) is 0.0650. The maximum absolute atomic E-state index is 11.1. The smallest absolute Gasteiger partial charge is 0.232 e. The van der Waals surface area contributed by atoms with Gasteiger partial charge >= 0.3 is 0 Å². The van der Waals surface area contributed by atoms with Crippen molar-refractivity contribution in [3.63, 3.8) is 0 Å². The van der Waals surface area contributed by atoms with Crippen LogP contribution in [0.4, 0.5) is 0 Å². The summed E-state index contributed by atoms with van der Waals surface area (Å²) < 4.78 is 0. The molecule has 0 aromatic rings. The zero-order valence-corrected chi connectivity index (χ0v) is 7.10. The normalized spacial score (nSPS) is 10.8. The topological polar surface area (TPSA) is 46.2 Å². The zero-order valence-electron chi connectivity index (χ0n) is 7.10. The van der Waals surface area contributed by atoms with Crippen LogP contribution in [0, 0.1) is 5.41 Å². The fourth-order valence-electron chi connectivity index (χ4n) is 0.474. The van der Waals surface area contributed by atoms with Gasteiger partial charge in [-0.1, -0.05) is 0 Å². The van der Waals surface area contributed by atoms with E-state index < -0.39 is 5.41 Å². The van der Waals surface area contributed by atoms with E-state index in [4.69, 9.17) is 7.85 Å². The van der Waals surface area contributed by atoms with Crippen molar-refractivity contribution >= 4 is 19.5 Å². The van der Waals surface area contributed by atoms with Crippen LogP contribution in [0.5, 0.6) is 0 Å². The highest BCUT2D eigenvalue weighted by molar-refractivity contribution is 6.12. The van der Waals surface area contributed by atoms with E-state index in [0.717, 1.165) is 0 Å². The molecule has 0 heterocycles. The van der Waals surface area contributed by atoms with E-state index in [1.165, 1.54) is 6.92 Å². The Labute approximate surface area is 68.0 Å². The van der Waals surface area contributed by atoms with Gasteiger partial charge in [0.15, 0.2) is 0 Å². The lowest BCUT2D eigenvalue weighted by Crippen LogP contribution is -2.41. The molecule has 4 heteroatoms. The molecule has 2 radical (unpaired) electrons. The number of nitrogens with one attached hydrogen (secondary N) is 1. The predicted octanol–water partition coefficient (Wildman–Crippen LogP) is -0.156. The number of amides is 1. The second kappa shape index (κ2) is 3.55. The minimum atomic E-state index is -0.959. The minimum absolute atomic E-state index is 0.0650. The molecule has 11 heavy (non-hydrogen) atoms. The predicted molar refractivity (Wildman–Crippen MR) is 43.2 cm³/mol. The number of hydrogen-bond donors (Lipinski definition) is 1. The van der Waals surface area contributed by atoms with Crippen LogP contribution in [0.25, 0.3) is 0 Å². The SMILES string of the molecule is [B]CNC(=O)C(C)(C)C(C)=O. The van der Waals surface area contributed by atoms with E-state index in [1.54, 1.807) is 13.8 Å². The van der Waals surface area contributed by atoms with Crippen molar-refractivity contribution in [2.24, 2.45) is 5.41 Å². The molecule has 3 nitrogen and oxygen atoms in total. The van der Waals surface area contributed by atoms with Gasteiger partial charge in [-0.15, -0.1) is 0 Å². The van der Waals surface area contributed by atoms with Gasteiger partial charge in [-0.3, -0.25) is 9.59 Å². The quantitative estimate of drug-likeness (QED) is 0.452. The largest absolute Gasteiger partial charge is 0.364 e. The molecule has 0 aliphatic heterocycles. The summed E-state index contributed by atoms with van der Waals surface area (Å²) in [4.78, 5) is 22.0. The minimum Gasteiger partial charge on any atom is -0.364 e. The monoisotopic (exact) mass is 153 g/mol. The molecule has 0 unspecified atom stereocenters.